The molecule has 4 rings (SSSR count). The maximum absolute atomic E-state index is 12.4. The van der Waals surface area contributed by atoms with Crippen LogP contribution in [0.3, 0.4) is 0 Å². The van der Waals surface area contributed by atoms with Gasteiger partial charge in [-0.1, -0.05) is 6.07 Å². The predicted octanol–water partition coefficient (Wildman–Crippen LogP) is 2.66. The van der Waals surface area contributed by atoms with Crippen LogP contribution < -0.4 is 14.8 Å². The van der Waals surface area contributed by atoms with Crippen molar-refractivity contribution in [2.45, 2.75) is 19.4 Å². The first kappa shape index (κ1) is 14.8. The monoisotopic (exact) mass is 325 g/mol. The number of nitrogens with zero attached hydrogens (tertiary/aromatic N) is 2. The molecule has 1 N–H and O–H groups in total. The smallest absolute Gasteiger partial charge is 0.272 e. The molecule has 0 unspecified atom stereocenters. The average Bonchev–Trinajstić information content (AvgIpc) is 3.30. The van der Waals surface area contributed by atoms with Crippen LogP contribution in [-0.4, -0.2) is 35.7 Å². The fourth-order valence-electron chi connectivity index (χ4n) is 2.99. The molecule has 2 aliphatic heterocycles. The Bertz CT molecular complexity index is 757. The normalized spacial score (nSPS) is 15.6. The summed E-state index contributed by atoms with van der Waals surface area (Å²) in [5.41, 5.74) is 2.46. The minimum atomic E-state index is 0.0132. The van der Waals surface area contributed by atoms with Gasteiger partial charge in [-0.05, 0) is 42.7 Å². The summed E-state index contributed by atoms with van der Waals surface area (Å²) in [4.78, 5) is 18.5. The van der Waals surface area contributed by atoms with Gasteiger partial charge in [0.2, 0.25) is 6.79 Å². The number of aromatic nitrogens is 1. The molecule has 0 saturated carbocycles. The topological polar surface area (TPSA) is 63.7 Å². The van der Waals surface area contributed by atoms with Gasteiger partial charge in [0.25, 0.3) is 5.91 Å². The molecule has 6 nitrogen and oxygen atoms in total. The average molecular weight is 325 g/mol. The van der Waals surface area contributed by atoms with Crippen molar-refractivity contribution in [3.8, 4) is 11.5 Å². The van der Waals surface area contributed by atoms with E-state index in [1.54, 1.807) is 6.20 Å². The summed E-state index contributed by atoms with van der Waals surface area (Å²) < 4.78 is 10.7. The van der Waals surface area contributed by atoms with E-state index in [-0.39, 0.29) is 12.7 Å². The van der Waals surface area contributed by atoms with E-state index in [2.05, 4.69) is 10.3 Å². The van der Waals surface area contributed by atoms with Gasteiger partial charge in [0.1, 0.15) is 5.69 Å². The number of hydrogen-bond acceptors (Lipinski definition) is 5. The van der Waals surface area contributed by atoms with E-state index < -0.39 is 0 Å². The number of likely N-dealkylation sites (tertiary alicyclic amines) is 1. The number of amides is 1. The quantitative estimate of drug-likeness (QED) is 0.936. The van der Waals surface area contributed by atoms with Crippen LogP contribution in [0.5, 0.6) is 11.5 Å². The van der Waals surface area contributed by atoms with Gasteiger partial charge in [0.05, 0.1) is 0 Å². The van der Waals surface area contributed by atoms with Gasteiger partial charge in [0, 0.05) is 31.5 Å². The minimum absolute atomic E-state index is 0.0132. The molecular formula is C18H19N3O3. The van der Waals surface area contributed by atoms with E-state index >= 15 is 0 Å². The van der Waals surface area contributed by atoms with Crippen molar-refractivity contribution in [3.05, 3.63) is 47.8 Å². The Morgan fingerprint density at radius 3 is 2.83 bits per heavy atom. The van der Waals surface area contributed by atoms with E-state index in [0.717, 1.165) is 48.7 Å². The maximum Gasteiger partial charge on any atom is 0.272 e. The number of pyridine rings is 1. The van der Waals surface area contributed by atoms with Crippen molar-refractivity contribution in [2.75, 3.05) is 25.2 Å². The number of carbonyl (C=O) groups excluding carboxylic acids is 1. The molecule has 0 spiro atoms. The highest BCUT2D eigenvalue weighted by Crippen LogP contribution is 2.32. The third kappa shape index (κ3) is 2.99. The number of carbonyl (C=O) groups is 1. The van der Waals surface area contributed by atoms with Gasteiger partial charge in [-0.25, -0.2) is 0 Å². The number of rotatable bonds is 4. The lowest BCUT2D eigenvalue weighted by Gasteiger charge is -2.15. The van der Waals surface area contributed by atoms with Crippen molar-refractivity contribution in [1.29, 1.82) is 0 Å². The van der Waals surface area contributed by atoms with E-state index in [1.165, 1.54) is 0 Å². The first-order valence-corrected chi connectivity index (χ1v) is 8.17. The highest BCUT2D eigenvalue weighted by molar-refractivity contribution is 5.93. The van der Waals surface area contributed by atoms with Crippen LogP contribution in [0.2, 0.25) is 0 Å². The SMILES string of the molecule is O=C(c1cc(NCc2ccc3c(c2)OCO3)ccn1)N1CCCC1. The van der Waals surface area contributed by atoms with Crippen LogP contribution in [-0.2, 0) is 6.54 Å². The predicted molar refractivity (Wildman–Crippen MR) is 89.3 cm³/mol. The molecule has 3 heterocycles. The third-order valence-electron chi connectivity index (χ3n) is 4.31. The largest absolute Gasteiger partial charge is 0.454 e. The Kier molecular flexibility index (Phi) is 3.94. The van der Waals surface area contributed by atoms with Crippen molar-refractivity contribution in [1.82, 2.24) is 9.88 Å². The molecule has 124 valence electrons. The molecule has 2 aliphatic rings. The maximum atomic E-state index is 12.4. The second-order valence-electron chi connectivity index (χ2n) is 5.97. The number of nitrogens with one attached hydrogen (secondary N) is 1. The summed E-state index contributed by atoms with van der Waals surface area (Å²) in [5.74, 6) is 1.56. The third-order valence-corrected chi connectivity index (χ3v) is 4.31. The van der Waals surface area contributed by atoms with Gasteiger partial charge in [-0.3, -0.25) is 9.78 Å². The zero-order valence-electron chi connectivity index (χ0n) is 13.3. The Labute approximate surface area is 140 Å². The molecule has 6 heteroatoms. The number of benzene rings is 1. The summed E-state index contributed by atoms with van der Waals surface area (Å²) in [5, 5.41) is 3.33. The van der Waals surface area contributed by atoms with Crippen molar-refractivity contribution >= 4 is 11.6 Å². The molecule has 2 aromatic rings. The van der Waals surface area contributed by atoms with Crippen molar-refractivity contribution < 1.29 is 14.3 Å². The Balaban J connectivity index is 1.43. The molecule has 0 aliphatic carbocycles. The number of anilines is 1. The number of hydrogen-bond donors (Lipinski definition) is 1. The van der Waals surface area contributed by atoms with Crippen LogP contribution in [0.1, 0.15) is 28.9 Å². The molecule has 1 saturated heterocycles. The first-order valence-electron chi connectivity index (χ1n) is 8.17. The van der Waals surface area contributed by atoms with Gasteiger partial charge >= 0.3 is 0 Å². The number of ether oxygens (including phenoxy) is 2. The summed E-state index contributed by atoms with van der Waals surface area (Å²) in [6.07, 6.45) is 3.83. The molecule has 1 aromatic heterocycles. The van der Waals surface area contributed by atoms with Gasteiger partial charge in [-0.2, -0.15) is 0 Å². The second-order valence-corrected chi connectivity index (χ2v) is 5.97. The van der Waals surface area contributed by atoms with E-state index in [4.69, 9.17) is 9.47 Å². The van der Waals surface area contributed by atoms with E-state index in [0.29, 0.717) is 12.2 Å². The van der Waals surface area contributed by atoms with Crippen LogP contribution in [0.15, 0.2) is 36.5 Å². The van der Waals surface area contributed by atoms with Crippen LogP contribution in [0.4, 0.5) is 5.69 Å². The molecule has 1 fully saturated rings. The lowest BCUT2D eigenvalue weighted by molar-refractivity contribution is 0.0787. The van der Waals surface area contributed by atoms with Crippen LogP contribution >= 0.6 is 0 Å². The van der Waals surface area contributed by atoms with Crippen molar-refractivity contribution in [2.24, 2.45) is 0 Å². The fraction of sp³-hybridized carbons (Fsp3) is 0.333. The van der Waals surface area contributed by atoms with E-state index in [9.17, 15) is 4.79 Å². The zero-order valence-corrected chi connectivity index (χ0v) is 13.3. The fourth-order valence-corrected chi connectivity index (χ4v) is 2.99. The Morgan fingerprint density at radius 2 is 1.96 bits per heavy atom. The lowest BCUT2D eigenvalue weighted by Crippen LogP contribution is -2.28. The highest BCUT2D eigenvalue weighted by atomic mass is 16.7. The summed E-state index contributed by atoms with van der Waals surface area (Å²) >= 11 is 0. The molecule has 1 aromatic carbocycles. The lowest BCUT2D eigenvalue weighted by atomic mass is 10.2. The van der Waals surface area contributed by atoms with Crippen LogP contribution in [0, 0.1) is 0 Å². The van der Waals surface area contributed by atoms with Crippen LogP contribution in [0.25, 0.3) is 0 Å². The zero-order chi connectivity index (χ0) is 16.4. The minimum Gasteiger partial charge on any atom is -0.454 e. The molecule has 1 amide bonds. The second kappa shape index (κ2) is 6.39. The highest BCUT2D eigenvalue weighted by Gasteiger charge is 2.20. The summed E-state index contributed by atoms with van der Waals surface area (Å²) in [6, 6.07) is 9.56. The van der Waals surface area contributed by atoms with E-state index in [1.807, 2.05) is 35.2 Å². The summed E-state index contributed by atoms with van der Waals surface area (Å²) in [7, 11) is 0. The molecule has 24 heavy (non-hydrogen) atoms. The molecule has 0 radical (unpaired) electrons. The molecule has 0 bridgehead atoms. The number of fused-ring (bicyclic) bond motifs is 1. The molecule has 0 atom stereocenters. The van der Waals surface area contributed by atoms with Crippen molar-refractivity contribution in [3.63, 3.8) is 0 Å². The standard InChI is InChI=1S/C18H19N3O3/c22-18(21-7-1-2-8-21)15-10-14(5-6-19-15)20-11-13-3-4-16-17(9-13)24-12-23-16/h3-6,9-10H,1-2,7-8,11-12H2,(H,19,20). The summed E-state index contributed by atoms with van der Waals surface area (Å²) in [6.45, 7) is 2.57. The van der Waals surface area contributed by atoms with Gasteiger partial charge in [-0.15, -0.1) is 0 Å². The first-order chi connectivity index (χ1) is 11.8. The van der Waals surface area contributed by atoms with Gasteiger partial charge < -0.3 is 19.7 Å². The Morgan fingerprint density at radius 1 is 1.12 bits per heavy atom. The van der Waals surface area contributed by atoms with Gasteiger partial charge in [0.15, 0.2) is 11.5 Å². The Hall–Kier alpha value is -2.76. The molecular weight excluding hydrogens is 306 g/mol.